The van der Waals surface area contributed by atoms with Crippen LogP contribution in [0.2, 0.25) is 0 Å². The van der Waals surface area contributed by atoms with Crippen molar-refractivity contribution in [1.29, 1.82) is 0 Å². The fourth-order valence-electron chi connectivity index (χ4n) is 1.81. The number of ether oxygens (including phenoxy) is 1. The fourth-order valence-corrected chi connectivity index (χ4v) is 1.81. The molecule has 0 spiro atoms. The van der Waals surface area contributed by atoms with Gasteiger partial charge in [0, 0.05) is 12.5 Å². The van der Waals surface area contributed by atoms with Crippen molar-refractivity contribution in [3.63, 3.8) is 0 Å². The maximum Gasteiger partial charge on any atom is 0.303 e. The molecule has 0 saturated heterocycles. The molecule has 1 aromatic rings. The van der Waals surface area contributed by atoms with Gasteiger partial charge in [-0.3, -0.25) is 9.69 Å². The summed E-state index contributed by atoms with van der Waals surface area (Å²) < 4.78 is 5.12. The van der Waals surface area contributed by atoms with Crippen LogP contribution in [0.15, 0.2) is 24.3 Å². The molecule has 0 fully saturated rings. The van der Waals surface area contributed by atoms with Crippen LogP contribution in [0.5, 0.6) is 5.75 Å². The van der Waals surface area contributed by atoms with Crippen LogP contribution in [0.25, 0.3) is 0 Å². The summed E-state index contributed by atoms with van der Waals surface area (Å²) >= 11 is 0. The highest BCUT2D eigenvalue weighted by Crippen LogP contribution is 2.21. The van der Waals surface area contributed by atoms with Gasteiger partial charge < -0.3 is 9.84 Å². The molecule has 1 rings (SSSR count). The Morgan fingerprint density at radius 3 is 2.50 bits per heavy atom. The van der Waals surface area contributed by atoms with Gasteiger partial charge in [0.2, 0.25) is 0 Å². The molecular weight excluding hydrogens is 230 g/mol. The van der Waals surface area contributed by atoms with Crippen molar-refractivity contribution in [2.24, 2.45) is 0 Å². The first-order chi connectivity index (χ1) is 8.54. The zero-order chi connectivity index (χ0) is 13.5. The molecule has 1 aromatic carbocycles. The predicted octanol–water partition coefficient (Wildman–Crippen LogP) is 2.55. The van der Waals surface area contributed by atoms with Gasteiger partial charge in [-0.05, 0) is 44.6 Å². The van der Waals surface area contributed by atoms with Gasteiger partial charge in [-0.2, -0.15) is 0 Å². The monoisotopic (exact) mass is 251 g/mol. The Morgan fingerprint density at radius 1 is 1.39 bits per heavy atom. The largest absolute Gasteiger partial charge is 0.497 e. The van der Waals surface area contributed by atoms with E-state index in [1.807, 2.05) is 31.3 Å². The summed E-state index contributed by atoms with van der Waals surface area (Å²) in [6.07, 6.45) is 0.895. The second-order valence-electron chi connectivity index (χ2n) is 4.43. The third kappa shape index (κ3) is 4.37. The molecule has 18 heavy (non-hydrogen) atoms. The van der Waals surface area contributed by atoms with E-state index in [-0.39, 0.29) is 12.5 Å². The van der Waals surface area contributed by atoms with E-state index in [9.17, 15) is 4.79 Å². The van der Waals surface area contributed by atoms with Crippen molar-refractivity contribution < 1.29 is 14.6 Å². The molecule has 0 amide bonds. The summed E-state index contributed by atoms with van der Waals surface area (Å²) in [7, 11) is 3.66. The lowest BCUT2D eigenvalue weighted by Crippen LogP contribution is -2.24. The number of hydrogen-bond acceptors (Lipinski definition) is 3. The standard InChI is InChI=1S/C14H21NO3/c1-11(15(2)10-4-5-14(16)17)12-6-8-13(18-3)9-7-12/h6-9,11H,4-5,10H2,1-3H3,(H,16,17)/t11-/m1/s1. The van der Waals surface area contributed by atoms with Gasteiger partial charge in [0.25, 0.3) is 0 Å². The zero-order valence-electron chi connectivity index (χ0n) is 11.2. The second kappa shape index (κ2) is 7.01. The summed E-state index contributed by atoms with van der Waals surface area (Å²) in [4.78, 5) is 12.6. The molecule has 0 aliphatic carbocycles. The van der Waals surface area contributed by atoms with Crippen LogP contribution >= 0.6 is 0 Å². The van der Waals surface area contributed by atoms with Crippen LogP contribution in [0.4, 0.5) is 0 Å². The first kappa shape index (κ1) is 14.5. The van der Waals surface area contributed by atoms with Gasteiger partial charge >= 0.3 is 5.97 Å². The normalized spacial score (nSPS) is 12.4. The van der Waals surface area contributed by atoms with E-state index in [2.05, 4.69) is 11.8 Å². The quantitative estimate of drug-likeness (QED) is 0.809. The second-order valence-corrected chi connectivity index (χ2v) is 4.43. The highest BCUT2D eigenvalue weighted by molar-refractivity contribution is 5.66. The number of nitrogens with zero attached hydrogens (tertiary/aromatic N) is 1. The number of methoxy groups -OCH3 is 1. The first-order valence-corrected chi connectivity index (χ1v) is 6.10. The van der Waals surface area contributed by atoms with Crippen LogP contribution in [0, 0.1) is 0 Å². The van der Waals surface area contributed by atoms with Crippen LogP contribution in [0.1, 0.15) is 31.4 Å². The maximum absolute atomic E-state index is 10.5. The molecule has 0 aromatic heterocycles. The van der Waals surface area contributed by atoms with E-state index >= 15 is 0 Å². The Kier molecular flexibility index (Phi) is 5.65. The third-order valence-electron chi connectivity index (χ3n) is 3.16. The van der Waals surface area contributed by atoms with Gasteiger partial charge in [-0.1, -0.05) is 12.1 Å². The van der Waals surface area contributed by atoms with E-state index in [4.69, 9.17) is 9.84 Å². The number of benzene rings is 1. The van der Waals surface area contributed by atoms with Gasteiger partial charge in [-0.25, -0.2) is 0 Å². The summed E-state index contributed by atoms with van der Waals surface area (Å²) in [5, 5.41) is 8.61. The van der Waals surface area contributed by atoms with Gasteiger partial charge in [-0.15, -0.1) is 0 Å². The lowest BCUT2D eigenvalue weighted by atomic mass is 10.1. The minimum Gasteiger partial charge on any atom is -0.497 e. The SMILES string of the molecule is COc1ccc([C@@H](C)N(C)CCCC(=O)O)cc1. The number of carbonyl (C=O) groups is 1. The van der Waals surface area contributed by atoms with Crippen molar-refractivity contribution in [1.82, 2.24) is 4.90 Å². The molecule has 0 heterocycles. The average Bonchev–Trinajstić information content (AvgIpc) is 2.37. The van der Waals surface area contributed by atoms with Crippen LogP contribution in [-0.2, 0) is 4.79 Å². The van der Waals surface area contributed by atoms with Crippen molar-refractivity contribution in [2.75, 3.05) is 20.7 Å². The molecular formula is C14H21NO3. The Hall–Kier alpha value is -1.55. The summed E-state index contributed by atoms with van der Waals surface area (Å²) in [5.74, 6) is 0.111. The molecule has 0 aliphatic heterocycles. The number of aliphatic carboxylic acids is 1. The maximum atomic E-state index is 10.5. The average molecular weight is 251 g/mol. The number of rotatable bonds is 7. The van der Waals surface area contributed by atoms with E-state index in [1.54, 1.807) is 7.11 Å². The molecule has 1 N–H and O–H groups in total. The fraction of sp³-hybridized carbons (Fsp3) is 0.500. The Labute approximate surface area is 108 Å². The van der Waals surface area contributed by atoms with Crippen LogP contribution in [-0.4, -0.2) is 36.7 Å². The minimum absolute atomic E-state index is 0.222. The summed E-state index contributed by atoms with van der Waals surface area (Å²) in [6, 6.07) is 8.23. The Balaban J connectivity index is 2.51. The molecule has 4 heteroatoms. The van der Waals surface area contributed by atoms with Crippen molar-refractivity contribution in [3.8, 4) is 5.75 Å². The van der Waals surface area contributed by atoms with E-state index < -0.39 is 5.97 Å². The van der Waals surface area contributed by atoms with Crippen molar-refractivity contribution >= 4 is 5.97 Å². The molecule has 0 aliphatic rings. The molecule has 4 nitrogen and oxygen atoms in total. The lowest BCUT2D eigenvalue weighted by molar-refractivity contribution is -0.137. The van der Waals surface area contributed by atoms with Crippen molar-refractivity contribution in [3.05, 3.63) is 29.8 Å². The van der Waals surface area contributed by atoms with Crippen LogP contribution in [0.3, 0.4) is 0 Å². The molecule has 0 saturated carbocycles. The summed E-state index contributed by atoms with van der Waals surface area (Å²) in [5.41, 5.74) is 1.20. The Bertz CT molecular complexity index is 375. The highest BCUT2D eigenvalue weighted by Gasteiger charge is 2.11. The molecule has 0 unspecified atom stereocenters. The van der Waals surface area contributed by atoms with Gasteiger partial charge in [0.15, 0.2) is 0 Å². The molecule has 0 radical (unpaired) electrons. The van der Waals surface area contributed by atoms with E-state index in [0.717, 1.165) is 12.3 Å². The zero-order valence-corrected chi connectivity index (χ0v) is 11.2. The smallest absolute Gasteiger partial charge is 0.303 e. The van der Waals surface area contributed by atoms with E-state index in [1.165, 1.54) is 5.56 Å². The number of hydrogen-bond donors (Lipinski definition) is 1. The number of carboxylic acids is 1. The topological polar surface area (TPSA) is 49.8 Å². The van der Waals surface area contributed by atoms with Crippen LogP contribution < -0.4 is 4.74 Å². The molecule has 100 valence electrons. The minimum atomic E-state index is -0.736. The number of carboxylic acid groups (broad SMARTS) is 1. The van der Waals surface area contributed by atoms with Gasteiger partial charge in [0.1, 0.15) is 5.75 Å². The third-order valence-corrected chi connectivity index (χ3v) is 3.16. The molecule has 0 bridgehead atoms. The predicted molar refractivity (Wildman–Crippen MR) is 70.9 cm³/mol. The highest BCUT2D eigenvalue weighted by atomic mass is 16.5. The molecule has 1 atom stereocenters. The summed E-state index contributed by atoms with van der Waals surface area (Å²) in [6.45, 7) is 2.89. The van der Waals surface area contributed by atoms with Crippen molar-refractivity contribution in [2.45, 2.75) is 25.8 Å². The van der Waals surface area contributed by atoms with E-state index in [0.29, 0.717) is 6.42 Å². The first-order valence-electron chi connectivity index (χ1n) is 6.10. The Morgan fingerprint density at radius 2 is 2.00 bits per heavy atom. The lowest BCUT2D eigenvalue weighted by Gasteiger charge is -2.25. The van der Waals surface area contributed by atoms with Gasteiger partial charge in [0.05, 0.1) is 7.11 Å².